The summed E-state index contributed by atoms with van der Waals surface area (Å²) in [4.78, 5) is 0. The molecule has 0 bridgehead atoms. The minimum Gasteiger partial charge on any atom is -0.381 e. The van der Waals surface area contributed by atoms with E-state index in [0.29, 0.717) is 0 Å². The second-order valence-corrected chi connectivity index (χ2v) is 3.47. The van der Waals surface area contributed by atoms with E-state index in [-0.39, 0.29) is 0 Å². The lowest BCUT2D eigenvalue weighted by Crippen LogP contribution is -1.74. The Morgan fingerprint density at radius 2 is 1.23 bits per heavy atom. The Balaban J connectivity index is 0.000000145. The van der Waals surface area contributed by atoms with Crippen molar-refractivity contribution in [3.8, 4) is 0 Å². The predicted molar refractivity (Wildman–Crippen MR) is 56.0 cm³/mol. The van der Waals surface area contributed by atoms with E-state index in [1.807, 2.05) is 0 Å². The van der Waals surface area contributed by atoms with Crippen molar-refractivity contribution in [3.05, 3.63) is 35.4 Å². The molecule has 2 rings (SSSR count). The molecule has 1 aliphatic heterocycles. The van der Waals surface area contributed by atoms with Gasteiger partial charge >= 0.3 is 0 Å². The van der Waals surface area contributed by atoms with E-state index < -0.39 is 0 Å². The van der Waals surface area contributed by atoms with Crippen LogP contribution in [0, 0.1) is 13.8 Å². The van der Waals surface area contributed by atoms with Crippen molar-refractivity contribution in [1.82, 2.24) is 0 Å². The molecule has 0 amide bonds. The average Bonchev–Trinajstić information content (AvgIpc) is 2.68. The van der Waals surface area contributed by atoms with Crippen molar-refractivity contribution < 1.29 is 4.74 Å². The summed E-state index contributed by atoms with van der Waals surface area (Å²) in [5.41, 5.74) is 2.66. The third-order valence-electron chi connectivity index (χ3n) is 2.05. The van der Waals surface area contributed by atoms with Gasteiger partial charge in [0.15, 0.2) is 0 Å². The Morgan fingerprint density at radius 3 is 1.46 bits per heavy atom. The summed E-state index contributed by atoms with van der Waals surface area (Å²) in [5.74, 6) is 0. The van der Waals surface area contributed by atoms with Crippen molar-refractivity contribution in [2.45, 2.75) is 26.7 Å². The number of aryl methyl sites for hydroxylation is 2. The lowest BCUT2D eigenvalue weighted by molar-refractivity contribution is 0.198. The molecule has 1 aromatic carbocycles. The molecular weight excluding hydrogens is 160 g/mol. The maximum Gasteiger partial charge on any atom is 0.0466 e. The highest BCUT2D eigenvalue weighted by atomic mass is 16.5. The van der Waals surface area contributed by atoms with E-state index in [4.69, 9.17) is 4.74 Å². The molecule has 1 heterocycles. The molecule has 0 saturated carbocycles. The van der Waals surface area contributed by atoms with E-state index >= 15 is 0 Å². The third kappa shape index (κ3) is 4.69. The average molecular weight is 178 g/mol. The molecule has 1 heteroatoms. The molecule has 1 aromatic rings. The van der Waals surface area contributed by atoms with Gasteiger partial charge in [0.2, 0.25) is 0 Å². The van der Waals surface area contributed by atoms with Crippen LogP contribution in [0.2, 0.25) is 0 Å². The standard InChI is InChI=1S/C8H10.C4H8O/c1-7-3-5-8(2)6-4-7;1-2-4-5-3-1/h3-6H,1-2H3;1-4H2. The van der Waals surface area contributed by atoms with Crippen LogP contribution in [0.4, 0.5) is 0 Å². The summed E-state index contributed by atoms with van der Waals surface area (Å²) in [7, 11) is 0. The lowest BCUT2D eigenvalue weighted by Gasteiger charge is -1.90. The summed E-state index contributed by atoms with van der Waals surface area (Å²) in [6.45, 7) is 6.19. The summed E-state index contributed by atoms with van der Waals surface area (Å²) in [6, 6.07) is 8.48. The van der Waals surface area contributed by atoms with Crippen molar-refractivity contribution in [2.75, 3.05) is 13.2 Å². The Kier molecular flexibility index (Phi) is 4.55. The fraction of sp³-hybridized carbons (Fsp3) is 0.500. The number of hydrogen-bond donors (Lipinski definition) is 0. The highest BCUT2D eigenvalue weighted by molar-refractivity contribution is 5.19. The van der Waals surface area contributed by atoms with Crippen LogP contribution >= 0.6 is 0 Å². The molecule has 0 N–H and O–H groups in total. The molecule has 72 valence electrons. The molecular formula is C12H18O. The molecule has 0 unspecified atom stereocenters. The topological polar surface area (TPSA) is 9.23 Å². The van der Waals surface area contributed by atoms with Crippen LogP contribution in [0.25, 0.3) is 0 Å². The minimum atomic E-state index is 1.00. The summed E-state index contributed by atoms with van der Waals surface area (Å²) in [6.07, 6.45) is 2.56. The zero-order chi connectivity index (χ0) is 9.52. The van der Waals surface area contributed by atoms with Crippen LogP contribution in [-0.2, 0) is 4.74 Å². The predicted octanol–water partition coefficient (Wildman–Crippen LogP) is 3.10. The van der Waals surface area contributed by atoms with E-state index in [1.165, 1.54) is 24.0 Å². The Hall–Kier alpha value is -0.820. The maximum atomic E-state index is 4.94. The van der Waals surface area contributed by atoms with Gasteiger partial charge in [0.1, 0.15) is 0 Å². The minimum absolute atomic E-state index is 1.00. The van der Waals surface area contributed by atoms with Crippen LogP contribution in [0.15, 0.2) is 24.3 Å². The first kappa shape index (κ1) is 10.3. The van der Waals surface area contributed by atoms with Crippen LogP contribution in [0.3, 0.4) is 0 Å². The first-order valence-corrected chi connectivity index (χ1v) is 4.90. The second kappa shape index (κ2) is 5.76. The Bertz CT molecular complexity index is 193. The van der Waals surface area contributed by atoms with Gasteiger partial charge < -0.3 is 4.74 Å². The summed E-state index contributed by atoms with van der Waals surface area (Å²) in [5, 5.41) is 0. The molecule has 1 aliphatic rings. The SMILES string of the molecule is C1CCOC1.Cc1ccc(C)cc1. The zero-order valence-electron chi connectivity index (χ0n) is 8.55. The van der Waals surface area contributed by atoms with Crippen LogP contribution < -0.4 is 0 Å². The number of rotatable bonds is 0. The zero-order valence-corrected chi connectivity index (χ0v) is 8.55. The summed E-state index contributed by atoms with van der Waals surface area (Å²) < 4.78 is 4.94. The van der Waals surface area contributed by atoms with Crippen molar-refractivity contribution in [3.63, 3.8) is 0 Å². The van der Waals surface area contributed by atoms with Crippen LogP contribution in [0.1, 0.15) is 24.0 Å². The Labute approximate surface area is 80.7 Å². The number of hydrogen-bond acceptors (Lipinski definition) is 1. The van der Waals surface area contributed by atoms with Gasteiger partial charge in [-0.2, -0.15) is 0 Å². The molecule has 0 aromatic heterocycles. The van der Waals surface area contributed by atoms with Crippen LogP contribution in [0.5, 0.6) is 0 Å². The highest BCUT2D eigenvalue weighted by Gasteiger charge is 1.94. The van der Waals surface area contributed by atoms with Crippen LogP contribution in [-0.4, -0.2) is 13.2 Å². The van der Waals surface area contributed by atoms with Crippen molar-refractivity contribution in [2.24, 2.45) is 0 Å². The van der Waals surface area contributed by atoms with Gasteiger partial charge in [-0.25, -0.2) is 0 Å². The quantitative estimate of drug-likeness (QED) is 0.593. The second-order valence-electron chi connectivity index (χ2n) is 3.47. The van der Waals surface area contributed by atoms with E-state index in [9.17, 15) is 0 Å². The fourth-order valence-electron chi connectivity index (χ4n) is 1.15. The largest absolute Gasteiger partial charge is 0.381 e. The summed E-state index contributed by atoms with van der Waals surface area (Å²) >= 11 is 0. The number of benzene rings is 1. The Morgan fingerprint density at radius 1 is 0.846 bits per heavy atom. The molecule has 0 radical (unpaired) electrons. The van der Waals surface area contributed by atoms with Gasteiger partial charge in [-0.3, -0.25) is 0 Å². The fourth-order valence-corrected chi connectivity index (χ4v) is 1.15. The molecule has 1 fully saturated rings. The third-order valence-corrected chi connectivity index (χ3v) is 2.05. The van der Waals surface area contributed by atoms with E-state index in [0.717, 1.165) is 13.2 Å². The molecule has 1 saturated heterocycles. The maximum absolute atomic E-state index is 4.94. The van der Waals surface area contributed by atoms with Gasteiger partial charge in [-0.15, -0.1) is 0 Å². The molecule has 13 heavy (non-hydrogen) atoms. The first-order chi connectivity index (χ1) is 6.29. The first-order valence-electron chi connectivity index (χ1n) is 4.90. The normalized spacial score (nSPS) is 14.9. The smallest absolute Gasteiger partial charge is 0.0466 e. The van der Waals surface area contributed by atoms with Gasteiger partial charge in [0.25, 0.3) is 0 Å². The highest BCUT2D eigenvalue weighted by Crippen LogP contribution is 1.99. The van der Waals surface area contributed by atoms with Gasteiger partial charge in [-0.05, 0) is 26.7 Å². The van der Waals surface area contributed by atoms with Crippen molar-refractivity contribution >= 4 is 0 Å². The molecule has 0 atom stereocenters. The number of ether oxygens (including phenoxy) is 1. The lowest BCUT2D eigenvalue weighted by atomic mass is 10.2. The molecule has 0 aliphatic carbocycles. The molecule has 0 spiro atoms. The van der Waals surface area contributed by atoms with Gasteiger partial charge in [0, 0.05) is 13.2 Å². The van der Waals surface area contributed by atoms with E-state index in [2.05, 4.69) is 38.1 Å². The molecule has 1 nitrogen and oxygen atoms in total. The monoisotopic (exact) mass is 178 g/mol. The van der Waals surface area contributed by atoms with Crippen molar-refractivity contribution in [1.29, 1.82) is 0 Å². The van der Waals surface area contributed by atoms with Gasteiger partial charge in [0.05, 0.1) is 0 Å². The van der Waals surface area contributed by atoms with E-state index in [1.54, 1.807) is 0 Å². The van der Waals surface area contributed by atoms with Gasteiger partial charge in [-0.1, -0.05) is 35.4 Å².